The molecule has 0 radical (unpaired) electrons. The molecule has 0 spiro atoms. The topological polar surface area (TPSA) is 12.0 Å². The maximum absolute atomic E-state index is 12.9. The highest BCUT2D eigenvalue weighted by Crippen LogP contribution is 2.18. The van der Waals surface area contributed by atoms with Crippen LogP contribution in [0, 0.1) is 12.7 Å². The molecular weight excluding hydrogens is 305 g/mol. The summed E-state index contributed by atoms with van der Waals surface area (Å²) in [6.45, 7) is 4.94. The van der Waals surface area contributed by atoms with Crippen LogP contribution >= 0.6 is 15.9 Å². The predicted molar refractivity (Wildman–Crippen MR) is 80.5 cm³/mol. The van der Waals surface area contributed by atoms with Crippen molar-refractivity contribution < 1.29 is 4.39 Å². The molecule has 0 bridgehead atoms. The average Bonchev–Trinajstić information content (AvgIpc) is 2.40. The molecule has 0 saturated heterocycles. The van der Waals surface area contributed by atoms with Crippen molar-refractivity contribution in [2.24, 2.45) is 0 Å². The lowest BCUT2D eigenvalue weighted by Gasteiger charge is -2.14. The minimum atomic E-state index is -0.196. The molecule has 0 amide bonds. The minimum absolute atomic E-state index is 0.195. The van der Waals surface area contributed by atoms with Crippen LogP contribution in [0.2, 0.25) is 0 Å². The molecule has 3 heteroatoms. The van der Waals surface area contributed by atoms with Crippen LogP contribution < -0.4 is 5.32 Å². The van der Waals surface area contributed by atoms with Crippen molar-refractivity contribution in [3.05, 3.63) is 69.4 Å². The molecule has 0 aromatic heterocycles. The number of nitrogens with one attached hydrogen (secondary N) is 1. The SMILES string of the molecule is Cc1ccc(CN[C@@H](C)c2ccc(F)cc2)cc1Br. The lowest BCUT2D eigenvalue weighted by atomic mass is 10.1. The highest BCUT2D eigenvalue weighted by atomic mass is 79.9. The van der Waals surface area contributed by atoms with Gasteiger partial charge in [0.25, 0.3) is 0 Å². The van der Waals surface area contributed by atoms with Crippen LogP contribution in [0.25, 0.3) is 0 Å². The first-order valence-corrected chi connectivity index (χ1v) is 7.09. The number of rotatable bonds is 4. The van der Waals surface area contributed by atoms with E-state index in [4.69, 9.17) is 0 Å². The second kappa shape index (κ2) is 6.31. The lowest BCUT2D eigenvalue weighted by Crippen LogP contribution is -2.18. The van der Waals surface area contributed by atoms with E-state index in [9.17, 15) is 4.39 Å². The zero-order valence-electron chi connectivity index (χ0n) is 11.1. The molecule has 0 heterocycles. The molecule has 2 rings (SSSR count). The Morgan fingerprint density at radius 1 is 1.16 bits per heavy atom. The molecule has 2 aromatic rings. The van der Waals surface area contributed by atoms with Gasteiger partial charge in [0, 0.05) is 17.1 Å². The van der Waals surface area contributed by atoms with Crippen molar-refractivity contribution in [1.29, 1.82) is 0 Å². The van der Waals surface area contributed by atoms with Crippen molar-refractivity contribution in [2.45, 2.75) is 26.4 Å². The quantitative estimate of drug-likeness (QED) is 0.857. The van der Waals surface area contributed by atoms with Gasteiger partial charge in [-0.1, -0.05) is 40.2 Å². The monoisotopic (exact) mass is 321 g/mol. The third-order valence-electron chi connectivity index (χ3n) is 3.22. The summed E-state index contributed by atoms with van der Waals surface area (Å²) >= 11 is 3.54. The fourth-order valence-corrected chi connectivity index (χ4v) is 2.31. The largest absolute Gasteiger partial charge is 0.306 e. The molecule has 1 N–H and O–H groups in total. The molecular formula is C16H17BrFN. The summed E-state index contributed by atoms with van der Waals surface area (Å²) in [4.78, 5) is 0. The first kappa shape index (κ1) is 14.2. The molecule has 1 nitrogen and oxygen atoms in total. The van der Waals surface area contributed by atoms with Gasteiger partial charge >= 0.3 is 0 Å². The summed E-state index contributed by atoms with van der Waals surface area (Å²) < 4.78 is 14.0. The Kier molecular flexibility index (Phi) is 4.72. The number of hydrogen-bond acceptors (Lipinski definition) is 1. The average molecular weight is 322 g/mol. The standard InChI is InChI=1S/C16H17BrFN/c1-11-3-4-13(9-16(11)17)10-19-12(2)14-5-7-15(18)8-6-14/h3-9,12,19H,10H2,1-2H3/t12-/m0/s1. The van der Waals surface area contributed by atoms with Gasteiger partial charge < -0.3 is 5.32 Å². The van der Waals surface area contributed by atoms with Crippen molar-refractivity contribution in [3.8, 4) is 0 Å². The maximum atomic E-state index is 12.9. The number of halogens is 2. The third-order valence-corrected chi connectivity index (χ3v) is 4.07. The Balaban J connectivity index is 1.98. The summed E-state index contributed by atoms with van der Waals surface area (Å²) in [6.07, 6.45) is 0. The van der Waals surface area contributed by atoms with E-state index in [-0.39, 0.29) is 11.9 Å². The Morgan fingerprint density at radius 3 is 2.47 bits per heavy atom. The van der Waals surface area contributed by atoms with E-state index in [1.54, 1.807) is 0 Å². The van der Waals surface area contributed by atoms with Crippen LogP contribution in [0.5, 0.6) is 0 Å². The second-order valence-corrected chi connectivity index (χ2v) is 5.59. The molecule has 0 aliphatic heterocycles. The fraction of sp³-hybridized carbons (Fsp3) is 0.250. The Morgan fingerprint density at radius 2 is 1.84 bits per heavy atom. The summed E-state index contributed by atoms with van der Waals surface area (Å²) in [6, 6.07) is 13.2. The smallest absolute Gasteiger partial charge is 0.123 e. The van der Waals surface area contributed by atoms with Crippen LogP contribution in [0.4, 0.5) is 4.39 Å². The van der Waals surface area contributed by atoms with Crippen LogP contribution in [-0.2, 0) is 6.54 Å². The van der Waals surface area contributed by atoms with E-state index in [0.29, 0.717) is 0 Å². The van der Waals surface area contributed by atoms with E-state index in [1.807, 2.05) is 12.1 Å². The van der Waals surface area contributed by atoms with E-state index < -0.39 is 0 Å². The molecule has 0 unspecified atom stereocenters. The van der Waals surface area contributed by atoms with Gasteiger partial charge in [-0.2, -0.15) is 0 Å². The zero-order chi connectivity index (χ0) is 13.8. The van der Waals surface area contributed by atoms with Gasteiger partial charge in [-0.3, -0.25) is 0 Å². The molecule has 0 fully saturated rings. The van der Waals surface area contributed by atoms with Crippen molar-refractivity contribution in [3.63, 3.8) is 0 Å². The first-order valence-electron chi connectivity index (χ1n) is 6.30. The third kappa shape index (κ3) is 3.88. The normalized spacial score (nSPS) is 12.4. The Hall–Kier alpha value is -1.19. The van der Waals surface area contributed by atoms with Gasteiger partial charge in [-0.05, 0) is 48.7 Å². The zero-order valence-corrected chi connectivity index (χ0v) is 12.7. The Labute approximate surface area is 122 Å². The van der Waals surface area contributed by atoms with E-state index in [2.05, 4.69) is 53.3 Å². The summed E-state index contributed by atoms with van der Waals surface area (Å²) in [5.74, 6) is -0.196. The van der Waals surface area contributed by atoms with E-state index in [1.165, 1.54) is 23.3 Å². The van der Waals surface area contributed by atoms with Gasteiger partial charge in [0.1, 0.15) is 5.82 Å². The van der Waals surface area contributed by atoms with Crippen molar-refractivity contribution in [1.82, 2.24) is 5.32 Å². The molecule has 0 aliphatic carbocycles. The van der Waals surface area contributed by atoms with Gasteiger partial charge in [-0.15, -0.1) is 0 Å². The first-order chi connectivity index (χ1) is 9.06. The molecule has 1 atom stereocenters. The summed E-state index contributed by atoms with van der Waals surface area (Å²) in [7, 11) is 0. The number of benzene rings is 2. The van der Waals surface area contributed by atoms with Crippen LogP contribution in [0.1, 0.15) is 29.7 Å². The van der Waals surface area contributed by atoms with Crippen LogP contribution in [0.3, 0.4) is 0 Å². The highest BCUT2D eigenvalue weighted by Gasteiger charge is 2.05. The van der Waals surface area contributed by atoms with Crippen molar-refractivity contribution in [2.75, 3.05) is 0 Å². The Bertz CT molecular complexity index is 551. The minimum Gasteiger partial charge on any atom is -0.306 e. The van der Waals surface area contributed by atoms with E-state index in [0.717, 1.165) is 16.6 Å². The lowest BCUT2D eigenvalue weighted by molar-refractivity contribution is 0.571. The molecule has 2 aromatic carbocycles. The summed E-state index contributed by atoms with van der Waals surface area (Å²) in [5.41, 5.74) is 3.55. The molecule has 100 valence electrons. The van der Waals surface area contributed by atoms with Gasteiger partial charge in [-0.25, -0.2) is 4.39 Å². The molecule has 19 heavy (non-hydrogen) atoms. The number of hydrogen-bond donors (Lipinski definition) is 1. The van der Waals surface area contributed by atoms with Crippen molar-refractivity contribution >= 4 is 15.9 Å². The molecule has 0 saturated carbocycles. The number of aryl methyl sites for hydroxylation is 1. The van der Waals surface area contributed by atoms with Gasteiger partial charge in [0.05, 0.1) is 0 Å². The second-order valence-electron chi connectivity index (χ2n) is 4.74. The van der Waals surface area contributed by atoms with Crippen LogP contribution in [-0.4, -0.2) is 0 Å². The highest BCUT2D eigenvalue weighted by molar-refractivity contribution is 9.10. The van der Waals surface area contributed by atoms with Gasteiger partial charge in [0.15, 0.2) is 0 Å². The summed E-state index contributed by atoms with van der Waals surface area (Å²) in [5, 5.41) is 3.44. The predicted octanol–water partition coefficient (Wildman–Crippen LogP) is 4.75. The molecule has 0 aliphatic rings. The van der Waals surface area contributed by atoms with E-state index >= 15 is 0 Å². The fourth-order valence-electron chi connectivity index (χ4n) is 1.89. The maximum Gasteiger partial charge on any atom is 0.123 e. The van der Waals surface area contributed by atoms with Gasteiger partial charge in [0.2, 0.25) is 0 Å². The van der Waals surface area contributed by atoms with Crippen LogP contribution in [0.15, 0.2) is 46.9 Å².